The summed E-state index contributed by atoms with van der Waals surface area (Å²) in [6.45, 7) is 2.14. The predicted molar refractivity (Wildman–Crippen MR) is 76.8 cm³/mol. The van der Waals surface area contributed by atoms with Crippen LogP contribution >= 0.6 is 11.6 Å². The minimum atomic E-state index is -1.02. The molecule has 1 amide bonds. The number of aliphatic hydroxyl groups is 1. The first-order valence-electron chi connectivity index (χ1n) is 6.46. The van der Waals surface area contributed by atoms with Gasteiger partial charge in [0.15, 0.2) is 0 Å². The topological polar surface area (TPSA) is 70.9 Å². The van der Waals surface area contributed by atoms with Crippen LogP contribution in [-0.4, -0.2) is 35.5 Å². The molecule has 2 N–H and O–H groups in total. The van der Waals surface area contributed by atoms with E-state index in [1.807, 2.05) is 18.2 Å². The van der Waals surface area contributed by atoms with Gasteiger partial charge in [-0.3, -0.25) is 4.79 Å². The van der Waals surface area contributed by atoms with Crippen LogP contribution < -0.4 is 5.32 Å². The Bertz CT molecular complexity index is 533. The molecular weight excluding hydrogens is 280 g/mol. The van der Waals surface area contributed by atoms with Crippen LogP contribution in [0.3, 0.4) is 0 Å². The molecule has 0 aliphatic carbocycles. The van der Waals surface area contributed by atoms with Crippen molar-refractivity contribution in [1.29, 1.82) is 0 Å². The summed E-state index contributed by atoms with van der Waals surface area (Å²) in [4.78, 5) is 17.4. The van der Waals surface area contributed by atoms with Gasteiger partial charge in [-0.25, -0.2) is 0 Å². The van der Waals surface area contributed by atoms with E-state index in [2.05, 4.69) is 10.5 Å². The lowest BCUT2D eigenvalue weighted by atomic mass is 9.95. The van der Waals surface area contributed by atoms with Gasteiger partial charge in [0.25, 0.3) is 5.91 Å². The Hall–Kier alpha value is -1.59. The molecular formula is C14H17ClN2O3. The van der Waals surface area contributed by atoms with Gasteiger partial charge >= 0.3 is 0 Å². The number of nitrogens with one attached hydrogen (secondary N) is 1. The van der Waals surface area contributed by atoms with E-state index in [9.17, 15) is 4.79 Å². The minimum Gasteiger partial charge on any atom is -0.396 e. The van der Waals surface area contributed by atoms with E-state index in [4.69, 9.17) is 21.5 Å². The Morgan fingerprint density at radius 1 is 1.55 bits per heavy atom. The number of carbonyl (C=O) groups is 1. The highest BCUT2D eigenvalue weighted by atomic mass is 35.5. The summed E-state index contributed by atoms with van der Waals surface area (Å²) in [6, 6.07) is 7.32. The number of hydrogen-bond donors (Lipinski definition) is 2. The zero-order valence-corrected chi connectivity index (χ0v) is 12.0. The van der Waals surface area contributed by atoms with Crippen LogP contribution in [0, 0.1) is 0 Å². The van der Waals surface area contributed by atoms with Gasteiger partial charge in [0.05, 0.1) is 5.71 Å². The molecule has 20 heavy (non-hydrogen) atoms. The van der Waals surface area contributed by atoms with E-state index < -0.39 is 5.60 Å². The number of aliphatic hydroxyl groups excluding tert-OH is 1. The first-order valence-corrected chi connectivity index (χ1v) is 6.84. The summed E-state index contributed by atoms with van der Waals surface area (Å²) in [5, 5.41) is 16.0. The summed E-state index contributed by atoms with van der Waals surface area (Å²) in [5.41, 5.74) is 0.417. The molecule has 1 aromatic carbocycles. The van der Waals surface area contributed by atoms with Gasteiger partial charge < -0.3 is 15.3 Å². The maximum Gasteiger partial charge on any atom is 0.267 e. The van der Waals surface area contributed by atoms with Crippen LogP contribution in [0.25, 0.3) is 0 Å². The molecule has 1 heterocycles. The predicted octanol–water partition coefficient (Wildman–Crippen LogP) is 1.72. The molecule has 1 unspecified atom stereocenters. The van der Waals surface area contributed by atoms with Crippen LogP contribution in [0.4, 0.5) is 0 Å². The van der Waals surface area contributed by atoms with Crippen molar-refractivity contribution in [2.24, 2.45) is 5.16 Å². The molecule has 1 aliphatic heterocycles. The molecule has 108 valence electrons. The van der Waals surface area contributed by atoms with Gasteiger partial charge in [0.2, 0.25) is 5.60 Å². The SMILES string of the molecule is CC1(C(=O)NCCCO)CC(c2ccccc2Cl)=NO1. The monoisotopic (exact) mass is 296 g/mol. The first-order chi connectivity index (χ1) is 9.57. The Morgan fingerprint density at radius 3 is 3.00 bits per heavy atom. The maximum atomic E-state index is 12.1. The molecule has 0 bridgehead atoms. The second-order valence-electron chi connectivity index (χ2n) is 4.85. The van der Waals surface area contributed by atoms with E-state index in [1.54, 1.807) is 13.0 Å². The van der Waals surface area contributed by atoms with E-state index in [0.717, 1.165) is 5.56 Å². The Labute approximate surface area is 122 Å². The zero-order valence-electron chi connectivity index (χ0n) is 11.2. The van der Waals surface area contributed by atoms with Crippen LogP contribution in [0.1, 0.15) is 25.3 Å². The molecule has 5 nitrogen and oxygen atoms in total. The van der Waals surface area contributed by atoms with Crippen LogP contribution in [-0.2, 0) is 9.63 Å². The summed E-state index contributed by atoms with van der Waals surface area (Å²) in [7, 11) is 0. The zero-order chi connectivity index (χ0) is 14.6. The van der Waals surface area contributed by atoms with Gasteiger partial charge in [-0.05, 0) is 19.4 Å². The van der Waals surface area contributed by atoms with Crippen molar-refractivity contribution in [2.45, 2.75) is 25.4 Å². The number of hydrogen-bond acceptors (Lipinski definition) is 4. The van der Waals surface area contributed by atoms with Gasteiger partial charge in [-0.1, -0.05) is 35.0 Å². The van der Waals surface area contributed by atoms with Crippen molar-refractivity contribution >= 4 is 23.2 Å². The average Bonchev–Trinajstić information content (AvgIpc) is 2.83. The summed E-state index contributed by atoms with van der Waals surface area (Å²) >= 11 is 6.11. The van der Waals surface area contributed by atoms with E-state index in [0.29, 0.717) is 30.1 Å². The van der Waals surface area contributed by atoms with Gasteiger partial charge in [0, 0.05) is 30.2 Å². The van der Waals surface area contributed by atoms with Gasteiger partial charge in [0.1, 0.15) is 0 Å². The number of benzene rings is 1. The highest BCUT2D eigenvalue weighted by Crippen LogP contribution is 2.29. The van der Waals surface area contributed by atoms with Crippen molar-refractivity contribution in [3.63, 3.8) is 0 Å². The van der Waals surface area contributed by atoms with Gasteiger partial charge in [-0.15, -0.1) is 0 Å². The first kappa shape index (κ1) is 14.8. The highest BCUT2D eigenvalue weighted by molar-refractivity contribution is 6.34. The fraction of sp³-hybridized carbons (Fsp3) is 0.429. The molecule has 1 atom stereocenters. The van der Waals surface area contributed by atoms with E-state index in [-0.39, 0.29) is 12.5 Å². The van der Waals surface area contributed by atoms with Crippen LogP contribution in [0.2, 0.25) is 5.02 Å². The average molecular weight is 297 g/mol. The van der Waals surface area contributed by atoms with Crippen molar-refractivity contribution in [3.8, 4) is 0 Å². The minimum absolute atomic E-state index is 0.0409. The van der Waals surface area contributed by atoms with Crippen molar-refractivity contribution < 1.29 is 14.7 Å². The van der Waals surface area contributed by atoms with E-state index >= 15 is 0 Å². The smallest absolute Gasteiger partial charge is 0.267 e. The molecule has 0 aromatic heterocycles. The molecule has 1 aromatic rings. The molecule has 0 saturated carbocycles. The molecule has 0 fully saturated rings. The standard InChI is InChI=1S/C14H17ClN2O3/c1-14(13(19)16-7-4-8-18)9-12(17-20-14)10-5-2-3-6-11(10)15/h2-3,5-6,18H,4,7-9H2,1H3,(H,16,19). The largest absolute Gasteiger partial charge is 0.396 e. The molecule has 0 radical (unpaired) electrons. The fourth-order valence-corrected chi connectivity index (χ4v) is 2.21. The fourth-order valence-electron chi connectivity index (χ4n) is 1.97. The van der Waals surface area contributed by atoms with Crippen LogP contribution in [0.5, 0.6) is 0 Å². The quantitative estimate of drug-likeness (QED) is 0.813. The number of carbonyl (C=O) groups excluding carboxylic acids is 1. The van der Waals surface area contributed by atoms with Crippen molar-refractivity contribution in [1.82, 2.24) is 5.32 Å². The third-order valence-corrected chi connectivity index (χ3v) is 3.48. The summed E-state index contributed by atoms with van der Waals surface area (Å²) < 4.78 is 0. The number of nitrogens with zero attached hydrogens (tertiary/aromatic N) is 1. The van der Waals surface area contributed by atoms with Gasteiger partial charge in [-0.2, -0.15) is 0 Å². The summed E-state index contributed by atoms with van der Waals surface area (Å²) in [6.07, 6.45) is 0.877. The number of amides is 1. The molecule has 0 saturated heterocycles. The number of halogens is 1. The molecule has 1 aliphatic rings. The van der Waals surface area contributed by atoms with Crippen molar-refractivity contribution in [3.05, 3.63) is 34.9 Å². The number of rotatable bonds is 5. The molecule has 0 spiro atoms. The molecule has 6 heteroatoms. The lowest BCUT2D eigenvalue weighted by Gasteiger charge is -2.20. The molecule has 2 rings (SSSR count). The Balaban J connectivity index is 2.03. The van der Waals surface area contributed by atoms with E-state index in [1.165, 1.54) is 0 Å². The van der Waals surface area contributed by atoms with Crippen LogP contribution in [0.15, 0.2) is 29.4 Å². The second-order valence-corrected chi connectivity index (χ2v) is 5.26. The normalized spacial score (nSPS) is 21.2. The summed E-state index contributed by atoms with van der Waals surface area (Å²) in [5.74, 6) is -0.239. The highest BCUT2D eigenvalue weighted by Gasteiger charge is 2.42. The third-order valence-electron chi connectivity index (χ3n) is 3.15. The Morgan fingerprint density at radius 2 is 2.30 bits per heavy atom. The Kier molecular flexibility index (Phi) is 4.62. The number of oxime groups is 1. The maximum absolute atomic E-state index is 12.1. The van der Waals surface area contributed by atoms with Crippen molar-refractivity contribution in [2.75, 3.05) is 13.2 Å². The lowest BCUT2D eigenvalue weighted by Crippen LogP contribution is -2.45. The third kappa shape index (κ3) is 3.11. The second kappa shape index (κ2) is 6.24. The lowest BCUT2D eigenvalue weighted by molar-refractivity contribution is -0.141.